The average Bonchev–Trinajstić information content (AvgIpc) is 2.47. The fourth-order valence-corrected chi connectivity index (χ4v) is 4.35. The summed E-state index contributed by atoms with van der Waals surface area (Å²) in [4.78, 5) is -0.196. The summed E-state index contributed by atoms with van der Waals surface area (Å²) in [6, 6.07) is 17.4. The molecule has 0 heterocycles. The van der Waals surface area contributed by atoms with Crippen LogP contribution < -0.4 is 0 Å². The summed E-state index contributed by atoms with van der Waals surface area (Å²) in [7, 11) is 0. The molecule has 0 aliphatic rings. The van der Waals surface area contributed by atoms with Crippen molar-refractivity contribution in [3.05, 3.63) is 81.6 Å². The number of hydrogen-bond acceptors (Lipinski definition) is 0. The van der Waals surface area contributed by atoms with E-state index in [2.05, 4.69) is 63.0 Å². The maximum Gasteiger partial charge on any atom is 0.129 e. The summed E-state index contributed by atoms with van der Waals surface area (Å²) >= 11 is 7.12. The van der Waals surface area contributed by atoms with Crippen molar-refractivity contribution in [3.63, 3.8) is 0 Å². The largest absolute Gasteiger partial charge is 0.207 e. The first-order valence-corrected chi connectivity index (χ1v) is 8.36. The minimum Gasteiger partial charge on any atom is -0.207 e. The standard InChI is InChI=1S/C18H13Br2F/c1-11-9-10-14(13-6-3-2-5-12(11)13)18(20)17-15(19)7-4-8-16(17)21/h2-10,18H,1H3. The summed E-state index contributed by atoms with van der Waals surface area (Å²) in [6.07, 6.45) is 0. The van der Waals surface area contributed by atoms with Crippen LogP contribution in [0.4, 0.5) is 4.39 Å². The van der Waals surface area contributed by atoms with Gasteiger partial charge >= 0.3 is 0 Å². The van der Waals surface area contributed by atoms with Crippen LogP contribution in [0.25, 0.3) is 10.8 Å². The van der Waals surface area contributed by atoms with Gasteiger partial charge in [0, 0.05) is 10.0 Å². The van der Waals surface area contributed by atoms with E-state index >= 15 is 0 Å². The van der Waals surface area contributed by atoms with Crippen LogP contribution in [0.2, 0.25) is 0 Å². The van der Waals surface area contributed by atoms with Crippen LogP contribution in [0.3, 0.4) is 0 Å². The van der Waals surface area contributed by atoms with Crippen molar-refractivity contribution in [2.45, 2.75) is 11.8 Å². The lowest BCUT2D eigenvalue weighted by molar-refractivity contribution is 0.612. The zero-order valence-corrected chi connectivity index (χ0v) is 14.6. The lowest BCUT2D eigenvalue weighted by atomic mass is 9.95. The van der Waals surface area contributed by atoms with Crippen LogP contribution in [0.15, 0.2) is 59.1 Å². The van der Waals surface area contributed by atoms with Crippen molar-refractivity contribution < 1.29 is 4.39 Å². The maximum atomic E-state index is 14.2. The fraction of sp³-hybridized carbons (Fsp3) is 0.111. The molecule has 0 radical (unpaired) electrons. The Kier molecular flexibility index (Phi) is 4.14. The Morgan fingerprint density at radius 3 is 2.33 bits per heavy atom. The zero-order chi connectivity index (χ0) is 15.0. The molecule has 0 saturated carbocycles. The van der Waals surface area contributed by atoms with Gasteiger partial charge in [-0.2, -0.15) is 0 Å². The van der Waals surface area contributed by atoms with E-state index in [1.165, 1.54) is 17.0 Å². The van der Waals surface area contributed by atoms with Crippen LogP contribution in [-0.2, 0) is 0 Å². The smallest absolute Gasteiger partial charge is 0.129 e. The molecule has 3 rings (SSSR count). The molecule has 3 aromatic rings. The van der Waals surface area contributed by atoms with Gasteiger partial charge in [0.25, 0.3) is 0 Å². The van der Waals surface area contributed by atoms with Crippen molar-refractivity contribution in [2.24, 2.45) is 0 Å². The van der Waals surface area contributed by atoms with E-state index < -0.39 is 0 Å². The first-order chi connectivity index (χ1) is 10.1. The van der Waals surface area contributed by atoms with Gasteiger partial charge in [-0.05, 0) is 41.0 Å². The highest BCUT2D eigenvalue weighted by atomic mass is 79.9. The average molecular weight is 408 g/mol. The number of halogens is 3. The van der Waals surface area contributed by atoms with E-state index in [0.29, 0.717) is 5.56 Å². The second-order valence-electron chi connectivity index (χ2n) is 5.02. The Labute approximate surface area is 140 Å². The first-order valence-electron chi connectivity index (χ1n) is 6.66. The Morgan fingerprint density at radius 2 is 1.62 bits per heavy atom. The number of benzene rings is 3. The molecule has 1 atom stereocenters. The molecule has 21 heavy (non-hydrogen) atoms. The molecule has 0 amide bonds. The molecule has 0 spiro atoms. The van der Waals surface area contributed by atoms with Gasteiger partial charge in [-0.1, -0.05) is 74.3 Å². The molecule has 0 saturated heterocycles. The molecular weight excluding hydrogens is 395 g/mol. The number of rotatable bonds is 2. The van der Waals surface area contributed by atoms with Gasteiger partial charge in [0.1, 0.15) is 5.82 Å². The first kappa shape index (κ1) is 14.7. The van der Waals surface area contributed by atoms with Crippen molar-refractivity contribution >= 4 is 42.6 Å². The zero-order valence-electron chi connectivity index (χ0n) is 11.4. The van der Waals surface area contributed by atoms with E-state index in [-0.39, 0.29) is 10.6 Å². The van der Waals surface area contributed by atoms with Gasteiger partial charge in [-0.15, -0.1) is 0 Å². The molecule has 3 heteroatoms. The van der Waals surface area contributed by atoms with Crippen LogP contribution in [0.1, 0.15) is 21.5 Å². The molecule has 0 nitrogen and oxygen atoms in total. The Balaban J connectivity index is 2.23. The molecule has 0 aliphatic heterocycles. The number of hydrogen-bond donors (Lipinski definition) is 0. The van der Waals surface area contributed by atoms with Crippen molar-refractivity contribution in [1.82, 2.24) is 0 Å². The van der Waals surface area contributed by atoms with Gasteiger partial charge in [-0.3, -0.25) is 0 Å². The van der Waals surface area contributed by atoms with Gasteiger partial charge < -0.3 is 0 Å². The summed E-state index contributed by atoms with van der Waals surface area (Å²) in [5.41, 5.74) is 2.93. The van der Waals surface area contributed by atoms with Crippen molar-refractivity contribution in [3.8, 4) is 0 Å². The Morgan fingerprint density at radius 1 is 0.905 bits per heavy atom. The van der Waals surface area contributed by atoms with E-state index in [9.17, 15) is 4.39 Å². The minimum atomic E-state index is -0.212. The molecule has 0 bridgehead atoms. The number of fused-ring (bicyclic) bond motifs is 1. The van der Waals surface area contributed by atoms with Crippen LogP contribution >= 0.6 is 31.9 Å². The topological polar surface area (TPSA) is 0 Å². The third-order valence-corrected chi connectivity index (χ3v) is 5.34. The van der Waals surface area contributed by atoms with E-state index in [1.807, 2.05) is 18.2 Å². The van der Waals surface area contributed by atoms with Crippen molar-refractivity contribution in [1.29, 1.82) is 0 Å². The third-order valence-electron chi connectivity index (χ3n) is 3.70. The normalized spacial score (nSPS) is 12.6. The number of aryl methyl sites for hydroxylation is 1. The maximum absolute atomic E-state index is 14.2. The van der Waals surface area contributed by atoms with E-state index in [1.54, 1.807) is 6.07 Å². The van der Waals surface area contributed by atoms with Crippen LogP contribution in [-0.4, -0.2) is 0 Å². The van der Waals surface area contributed by atoms with Crippen LogP contribution in [0.5, 0.6) is 0 Å². The van der Waals surface area contributed by atoms with Crippen molar-refractivity contribution in [2.75, 3.05) is 0 Å². The number of alkyl halides is 1. The summed E-state index contributed by atoms with van der Waals surface area (Å²) in [5, 5.41) is 2.35. The highest BCUT2D eigenvalue weighted by molar-refractivity contribution is 9.11. The van der Waals surface area contributed by atoms with Crippen LogP contribution in [0, 0.1) is 12.7 Å². The highest BCUT2D eigenvalue weighted by Crippen LogP contribution is 2.40. The van der Waals surface area contributed by atoms with Gasteiger partial charge in [0.2, 0.25) is 0 Å². The van der Waals surface area contributed by atoms with E-state index in [4.69, 9.17) is 0 Å². The Bertz CT molecular complexity index is 791. The predicted molar refractivity (Wildman–Crippen MR) is 93.6 cm³/mol. The lowest BCUT2D eigenvalue weighted by Crippen LogP contribution is -1.99. The minimum absolute atomic E-state index is 0.196. The summed E-state index contributed by atoms with van der Waals surface area (Å²) in [5.74, 6) is -0.212. The molecule has 0 aromatic heterocycles. The summed E-state index contributed by atoms with van der Waals surface area (Å²) < 4.78 is 15.0. The van der Waals surface area contributed by atoms with E-state index in [0.717, 1.165) is 15.4 Å². The molecule has 0 N–H and O–H groups in total. The fourth-order valence-electron chi connectivity index (χ4n) is 2.60. The SMILES string of the molecule is Cc1ccc(C(Br)c2c(F)cccc2Br)c2ccccc12. The monoisotopic (exact) mass is 406 g/mol. The highest BCUT2D eigenvalue weighted by Gasteiger charge is 2.20. The second kappa shape index (κ2) is 5.90. The third kappa shape index (κ3) is 2.65. The van der Waals surface area contributed by atoms with Gasteiger partial charge in [0.15, 0.2) is 0 Å². The molecule has 0 aliphatic carbocycles. The van der Waals surface area contributed by atoms with Gasteiger partial charge in [-0.25, -0.2) is 4.39 Å². The molecule has 1 unspecified atom stereocenters. The molecule has 0 fully saturated rings. The molecular formula is C18H13Br2F. The Hall–Kier alpha value is -1.19. The quantitative estimate of drug-likeness (QED) is 0.423. The predicted octanol–water partition coefficient (Wildman–Crippen LogP) is 6.53. The van der Waals surface area contributed by atoms with Gasteiger partial charge in [0.05, 0.1) is 4.83 Å². The summed E-state index contributed by atoms with van der Waals surface area (Å²) in [6.45, 7) is 2.09. The molecule has 3 aromatic carbocycles. The second-order valence-corrected chi connectivity index (χ2v) is 6.79. The lowest BCUT2D eigenvalue weighted by Gasteiger charge is -2.17. The molecule has 106 valence electrons.